The van der Waals surface area contributed by atoms with Crippen molar-refractivity contribution in [1.29, 1.82) is 0 Å². The maximum atomic E-state index is 6.87. The van der Waals surface area contributed by atoms with Crippen LogP contribution in [0.3, 0.4) is 0 Å². The Morgan fingerprint density at radius 1 is 1.04 bits per heavy atom. The van der Waals surface area contributed by atoms with Gasteiger partial charge in [-0.25, -0.2) is 0 Å². The lowest BCUT2D eigenvalue weighted by atomic mass is 9.99. The molecule has 1 heterocycles. The second kappa shape index (κ2) is 5.78. The Kier molecular flexibility index (Phi) is 3.85. The molecule has 1 unspecified atom stereocenters. The fourth-order valence-corrected chi connectivity index (χ4v) is 7.49. The molecule has 0 saturated carbocycles. The summed E-state index contributed by atoms with van der Waals surface area (Å²) in [6, 6.07) is 15.6. The van der Waals surface area contributed by atoms with Crippen molar-refractivity contribution in [3.63, 3.8) is 0 Å². The first-order valence-corrected chi connectivity index (χ1v) is 12.9. The van der Waals surface area contributed by atoms with Crippen LogP contribution in [-0.2, 0) is 6.42 Å². The monoisotopic (exact) mass is 353 g/mol. The van der Waals surface area contributed by atoms with Crippen LogP contribution in [0.1, 0.15) is 35.6 Å². The molecule has 1 atom stereocenters. The maximum absolute atomic E-state index is 6.87. The number of benzene rings is 2. The zero-order valence-electron chi connectivity index (χ0n) is 14.6. The molecule has 0 bridgehead atoms. The number of hydrogen-bond donors (Lipinski definition) is 0. The molecule has 2 aliphatic rings. The molecule has 3 heteroatoms. The summed E-state index contributed by atoms with van der Waals surface area (Å²) in [5.41, 5.74) is 8.84. The molecule has 4 rings (SSSR count). The van der Waals surface area contributed by atoms with E-state index in [0.717, 1.165) is 6.54 Å². The summed E-state index contributed by atoms with van der Waals surface area (Å²) >= 11 is 6.87. The Hall–Kier alpha value is -1.51. The fourth-order valence-electron chi connectivity index (χ4n) is 4.47. The summed E-state index contributed by atoms with van der Waals surface area (Å²) in [7, 11) is -1.80. The molecule has 0 aromatic heterocycles. The van der Waals surface area contributed by atoms with E-state index >= 15 is 0 Å². The number of fused-ring (bicyclic) bond motifs is 2. The Morgan fingerprint density at radius 3 is 2.58 bits per heavy atom. The highest BCUT2D eigenvalue weighted by molar-refractivity contribution is 7.20. The van der Waals surface area contributed by atoms with E-state index in [-0.39, 0.29) is 0 Å². The van der Waals surface area contributed by atoms with Crippen molar-refractivity contribution in [2.45, 2.75) is 38.4 Å². The smallest absolute Gasteiger partial charge is 0.161 e. The van der Waals surface area contributed by atoms with Crippen molar-refractivity contribution < 1.29 is 0 Å². The first-order valence-electron chi connectivity index (χ1n) is 8.82. The standard InChI is InChI=1S/C21H24ClNSi/c1-15-14-18-17(21(15)24(2,3)22)10-6-12-20(18)23-13-7-9-16-8-4-5-11-19(16)23/h4-6,8,10-12,14,21H,7,9,13H2,1-3H3. The maximum Gasteiger partial charge on any atom is 0.161 e. The van der Waals surface area contributed by atoms with Gasteiger partial charge in [-0.3, -0.25) is 0 Å². The van der Waals surface area contributed by atoms with Crippen LogP contribution in [0.4, 0.5) is 11.4 Å². The third-order valence-corrected chi connectivity index (χ3v) is 8.14. The molecule has 0 fully saturated rings. The topological polar surface area (TPSA) is 3.24 Å². The average molecular weight is 354 g/mol. The van der Waals surface area contributed by atoms with Crippen LogP contribution in [0.25, 0.3) is 6.08 Å². The first kappa shape index (κ1) is 16.0. The second-order valence-corrected chi connectivity index (χ2v) is 14.2. The second-order valence-electron chi connectivity index (χ2n) is 7.55. The van der Waals surface area contributed by atoms with Crippen molar-refractivity contribution in [2.24, 2.45) is 0 Å². The summed E-state index contributed by atoms with van der Waals surface area (Å²) < 4.78 is 0. The lowest BCUT2D eigenvalue weighted by molar-refractivity contribution is 0.766. The number of para-hydroxylation sites is 1. The van der Waals surface area contributed by atoms with E-state index in [4.69, 9.17) is 11.1 Å². The van der Waals surface area contributed by atoms with Crippen molar-refractivity contribution in [3.8, 4) is 0 Å². The predicted molar refractivity (Wildman–Crippen MR) is 108 cm³/mol. The van der Waals surface area contributed by atoms with Crippen molar-refractivity contribution >= 4 is 35.9 Å². The molecule has 0 amide bonds. The van der Waals surface area contributed by atoms with E-state index in [0.29, 0.717) is 5.54 Å². The minimum Gasteiger partial charge on any atom is -0.341 e. The van der Waals surface area contributed by atoms with Crippen LogP contribution in [0.2, 0.25) is 13.1 Å². The molecule has 0 spiro atoms. The summed E-state index contributed by atoms with van der Waals surface area (Å²) in [5.74, 6) is 0. The highest BCUT2D eigenvalue weighted by atomic mass is 35.6. The van der Waals surface area contributed by atoms with E-state index in [1.54, 1.807) is 0 Å². The minimum absolute atomic E-state index is 0.425. The van der Waals surface area contributed by atoms with Crippen molar-refractivity contribution in [2.75, 3.05) is 11.4 Å². The van der Waals surface area contributed by atoms with Crippen LogP contribution in [-0.4, -0.2) is 13.9 Å². The number of hydrogen-bond acceptors (Lipinski definition) is 1. The number of halogens is 1. The van der Waals surface area contributed by atoms with Crippen LogP contribution >= 0.6 is 11.1 Å². The van der Waals surface area contributed by atoms with Crippen molar-refractivity contribution in [3.05, 3.63) is 64.7 Å². The van der Waals surface area contributed by atoms with E-state index < -0.39 is 7.38 Å². The summed E-state index contributed by atoms with van der Waals surface area (Å²) in [4.78, 5) is 2.51. The lowest BCUT2D eigenvalue weighted by Gasteiger charge is -2.33. The molecule has 1 aliphatic heterocycles. The molecule has 2 aromatic carbocycles. The molecule has 2 aromatic rings. The number of allylic oxidation sites excluding steroid dienone is 1. The average Bonchev–Trinajstić information content (AvgIpc) is 2.90. The number of nitrogens with zero attached hydrogens (tertiary/aromatic N) is 1. The van der Waals surface area contributed by atoms with Gasteiger partial charge in [0.2, 0.25) is 0 Å². The lowest BCUT2D eigenvalue weighted by Crippen LogP contribution is -2.28. The number of anilines is 2. The van der Waals surface area contributed by atoms with Gasteiger partial charge >= 0.3 is 0 Å². The van der Waals surface area contributed by atoms with Crippen LogP contribution < -0.4 is 4.90 Å². The van der Waals surface area contributed by atoms with Crippen LogP contribution in [0.5, 0.6) is 0 Å². The van der Waals surface area contributed by atoms with Gasteiger partial charge in [-0.15, -0.1) is 0 Å². The molecule has 24 heavy (non-hydrogen) atoms. The normalized spacial score (nSPS) is 19.8. The zero-order chi connectivity index (χ0) is 16.9. The SMILES string of the molecule is CC1=Cc2c(cccc2N2CCCc3ccccc32)C1[Si](C)(C)Cl. The third kappa shape index (κ3) is 2.53. The first-order chi connectivity index (χ1) is 11.5. The molecule has 124 valence electrons. The Balaban J connectivity index is 1.85. The minimum atomic E-state index is -1.80. The largest absolute Gasteiger partial charge is 0.341 e. The van der Waals surface area contributed by atoms with Gasteiger partial charge < -0.3 is 4.90 Å². The van der Waals surface area contributed by atoms with E-state index in [1.807, 2.05) is 0 Å². The number of aryl methyl sites for hydroxylation is 1. The number of rotatable bonds is 2. The van der Waals surface area contributed by atoms with Gasteiger partial charge in [-0.2, -0.15) is 11.1 Å². The van der Waals surface area contributed by atoms with E-state index in [2.05, 4.69) is 73.5 Å². The molecular formula is C21H24ClNSi. The van der Waals surface area contributed by atoms with E-state index in [1.165, 1.54) is 46.5 Å². The highest BCUT2D eigenvalue weighted by Crippen LogP contribution is 2.48. The highest BCUT2D eigenvalue weighted by Gasteiger charge is 2.38. The van der Waals surface area contributed by atoms with Gasteiger partial charge in [0.15, 0.2) is 7.38 Å². The molecular weight excluding hydrogens is 330 g/mol. The quantitative estimate of drug-likeness (QED) is 0.455. The molecule has 0 saturated heterocycles. The van der Waals surface area contributed by atoms with E-state index in [9.17, 15) is 0 Å². The Labute approximate surface area is 150 Å². The van der Waals surface area contributed by atoms with Crippen molar-refractivity contribution in [1.82, 2.24) is 0 Å². The fraction of sp³-hybridized carbons (Fsp3) is 0.333. The summed E-state index contributed by atoms with van der Waals surface area (Å²) in [6.45, 7) is 7.85. The Morgan fingerprint density at radius 2 is 1.79 bits per heavy atom. The molecule has 0 radical (unpaired) electrons. The summed E-state index contributed by atoms with van der Waals surface area (Å²) in [5, 5.41) is 0. The van der Waals surface area contributed by atoms with Gasteiger partial charge in [0, 0.05) is 29.0 Å². The van der Waals surface area contributed by atoms with Crippen LogP contribution in [0.15, 0.2) is 48.0 Å². The summed E-state index contributed by atoms with van der Waals surface area (Å²) in [6.07, 6.45) is 4.77. The van der Waals surface area contributed by atoms with Gasteiger partial charge in [0.25, 0.3) is 0 Å². The third-order valence-electron chi connectivity index (χ3n) is 5.34. The molecule has 0 N–H and O–H groups in total. The zero-order valence-corrected chi connectivity index (χ0v) is 16.4. The van der Waals surface area contributed by atoms with Gasteiger partial charge in [-0.05, 0) is 43.0 Å². The van der Waals surface area contributed by atoms with Gasteiger partial charge in [-0.1, -0.05) is 55.1 Å². The molecule has 1 nitrogen and oxygen atoms in total. The van der Waals surface area contributed by atoms with Crippen LogP contribution in [0, 0.1) is 0 Å². The predicted octanol–water partition coefficient (Wildman–Crippen LogP) is 6.25. The van der Waals surface area contributed by atoms with Gasteiger partial charge in [0.05, 0.1) is 0 Å². The van der Waals surface area contributed by atoms with Gasteiger partial charge in [0.1, 0.15) is 0 Å². The molecule has 1 aliphatic carbocycles. The Bertz CT molecular complexity index is 819.